The van der Waals surface area contributed by atoms with Gasteiger partial charge in [-0.3, -0.25) is 14.4 Å². The molecule has 0 heterocycles. The molecule has 6 nitrogen and oxygen atoms in total. The monoisotopic (exact) mass is 718 g/mol. The van der Waals surface area contributed by atoms with Gasteiger partial charge in [0.1, 0.15) is 12.6 Å². The highest BCUT2D eigenvalue weighted by atomic mass is 16.5. The van der Waals surface area contributed by atoms with E-state index in [9.17, 15) is 14.4 Å². The van der Waals surface area contributed by atoms with Crippen LogP contribution >= 0.6 is 0 Å². The Morgan fingerprint density at radius 2 is 0.902 bits per heavy atom. The molecule has 0 rings (SSSR count). The number of nitrogens with one attached hydrogen (secondary N) is 1. The van der Waals surface area contributed by atoms with Crippen LogP contribution in [0.4, 0.5) is 0 Å². The Bertz CT molecular complexity index is 838. The van der Waals surface area contributed by atoms with E-state index in [1.54, 1.807) is 0 Å². The summed E-state index contributed by atoms with van der Waals surface area (Å²) in [5, 5.41) is 11.1. The number of carbonyl (C=O) groups is 3. The van der Waals surface area contributed by atoms with Crippen molar-refractivity contribution in [1.29, 1.82) is 0 Å². The first-order valence-electron chi connectivity index (χ1n) is 22.0. The molecule has 0 spiro atoms. The van der Waals surface area contributed by atoms with Crippen LogP contribution in [0.1, 0.15) is 232 Å². The molecule has 1 amide bonds. The molecule has 0 aromatic carbocycles. The number of hydrogen-bond donors (Lipinski definition) is 2. The van der Waals surface area contributed by atoms with Crippen molar-refractivity contribution in [3.63, 3.8) is 0 Å². The topological polar surface area (TPSA) is 92.7 Å². The van der Waals surface area contributed by atoms with Crippen molar-refractivity contribution in [2.75, 3.05) is 6.54 Å². The highest BCUT2D eigenvalue weighted by Crippen LogP contribution is 2.19. The second-order valence-corrected chi connectivity index (χ2v) is 15.0. The fourth-order valence-corrected chi connectivity index (χ4v) is 6.60. The summed E-state index contributed by atoms with van der Waals surface area (Å²) in [7, 11) is 0. The molecule has 2 N–H and O–H groups in total. The number of carboxylic acid groups (broad SMARTS) is 1. The summed E-state index contributed by atoms with van der Waals surface area (Å²) in [5.41, 5.74) is 0. The van der Waals surface area contributed by atoms with Crippen molar-refractivity contribution in [1.82, 2.24) is 5.32 Å². The molecular weight excluding hydrogens is 634 g/mol. The van der Waals surface area contributed by atoms with E-state index in [0.29, 0.717) is 12.8 Å². The van der Waals surface area contributed by atoms with E-state index in [-0.39, 0.29) is 24.5 Å². The lowest BCUT2D eigenvalue weighted by Crippen LogP contribution is -2.28. The fourth-order valence-electron chi connectivity index (χ4n) is 6.60. The minimum Gasteiger partial charge on any atom is -0.480 e. The zero-order valence-electron chi connectivity index (χ0n) is 33.7. The third-order valence-electron chi connectivity index (χ3n) is 9.88. The van der Waals surface area contributed by atoms with E-state index in [0.717, 1.165) is 70.6 Å². The minimum absolute atomic E-state index is 0.0171. The molecule has 0 aliphatic carbocycles. The second-order valence-electron chi connectivity index (χ2n) is 15.0. The van der Waals surface area contributed by atoms with E-state index in [4.69, 9.17) is 9.84 Å². The van der Waals surface area contributed by atoms with Gasteiger partial charge in [-0.15, -0.1) is 0 Å². The highest BCUT2D eigenvalue weighted by Gasteiger charge is 2.14. The molecule has 1 atom stereocenters. The standard InChI is InChI=1S/C45H83NO5/c1-3-5-7-9-11-13-15-16-17-18-19-20-21-22-23-25-27-32-36-40-45(50)51-42(37-33-29-26-24-14-12-10-8-6-4-2)38-34-30-28-31-35-39-43(47)46-41-44(48)49/h11,13,16-17,42H,3-10,12,14-15,18-41H2,1-2H3,(H,46,47)(H,48,49)/b13-11-,17-16-. The number of rotatable bonds is 40. The Hall–Kier alpha value is -2.11. The lowest BCUT2D eigenvalue weighted by atomic mass is 10.0. The highest BCUT2D eigenvalue weighted by molar-refractivity contribution is 5.80. The molecule has 0 aromatic heterocycles. The molecule has 0 saturated carbocycles. The SMILES string of the molecule is CCCCC/C=C\C/C=C\CCCCCCCCCCCC(=O)OC(CCCCCCCCCCCC)CCCCCCCC(=O)NCC(=O)O. The predicted octanol–water partition coefficient (Wildman–Crippen LogP) is 13.5. The summed E-state index contributed by atoms with van der Waals surface area (Å²) in [6.07, 6.45) is 48.7. The largest absolute Gasteiger partial charge is 0.480 e. The van der Waals surface area contributed by atoms with Gasteiger partial charge in [-0.2, -0.15) is 0 Å². The maximum Gasteiger partial charge on any atom is 0.322 e. The molecule has 0 bridgehead atoms. The Morgan fingerprint density at radius 1 is 0.510 bits per heavy atom. The Kier molecular flexibility index (Phi) is 39.0. The maximum atomic E-state index is 12.7. The second kappa shape index (κ2) is 40.7. The number of allylic oxidation sites excluding steroid dienone is 4. The van der Waals surface area contributed by atoms with Crippen molar-refractivity contribution >= 4 is 17.8 Å². The number of esters is 1. The average Bonchev–Trinajstić information content (AvgIpc) is 3.11. The van der Waals surface area contributed by atoms with Gasteiger partial charge in [0.05, 0.1) is 0 Å². The molecule has 1 unspecified atom stereocenters. The summed E-state index contributed by atoms with van der Waals surface area (Å²) >= 11 is 0. The molecule has 298 valence electrons. The fraction of sp³-hybridized carbons (Fsp3) is 0.844. The summed E-state index contributed by atoms with van der Waals surface area (Å²) < 4.78 is 6.03. The van der Waals surface area contributed by atoms with E-state index in [1.807, 2.05) is 0 Å². The van der Waals surface area contributed by atoms with Gasteiger partial charge in [0.2, 0.25) is 5.91 Å². The molecule has 0 aliphatic heterocycles. The van der Waals surface area contributed by atoms with Crippen LogP contribution in [0.2, 0.25) is 0 Å². The Balaban J connectivity index is 4.06. The van der Waals surface area contributed by atoms with Crippen molar-refractivity contribution in [2.24, 2.45) is 0 Å². The zero-order valence-corrected chi connectivity index (χ0v) is 33.7. The molecule has 51 heavy (non-hydrogen) atoms. The van der Waals surface area contributed by atoms with Gasteiger partial charge in [0, 0.05) is 12.8 Å². The molecule has 0 aliphatic rings. The van der Waals surface area contributed by atoms with E-state index < -0.39 is 5.97 Å². The van der Waals surface area contributed by atoms with E-state index in [1.165, 1.54) is 135 Å². The number of unbranched alkanes of at least 4 members (excludes halogenated alkanes) is 25. The third-order valence-corrected chi connectivity index (χ3v) is 9.88. The number of carboxylic acids is 1. The first-order valence-corrected chi connectivity index (χ1v) is 22.0. The number of hydrogen-bond acceptors (Lipinski definition) is 4. The van der Waals surface area contributed by atoms with Crippen LogP contribution < -0.4 is 5.32 Å². The molecule has 0 fully saturated rings. The maximum absolute atomic E-state index is 12.7. The van der Waals surface area contributed by atoms with E-state index in [2.05, 4.69) is 43.5 Å². The van der Waals surface area contributed by atoms with Crippen molar-refractivity contribution in [2.45, 2.75) is 238 Å². The number of ether oxygens (including phenoxy) is 1. The van der Waals surface area contributed by atoms with Crippen molar-refractivity contribution < 1.29 is 24.2 Å². The predicted molar refractivity (Wildman–Crippen MR) is 217 cm³/mol. The van der Waals surface area contributed by atoms with Gasteiger partial charge in [-0.25, -0.2) is 0 Å². The van der Waals surface area contributed by atoms with Crippen molar-refractivity contribution in [3.05, 3.63) is 24.3 Å². The van der Waals surface area contributed by atoms with Gasteiger partial charge in [-0.05, 0) is 70.6 Å². The molecule has 0 aromatic rings. The summed E-state index contributed by atoms with van der Waals surface area (Å²) in [4.78, 5) is 35.0. The molecule has 0 saturated heterocycles. The smallest absolute Gasteiger partial charge is 0.322 e. The van der Waals surface area contributed by atoms with Crippen LogP contribution in [0.5, 0.6) is 0 Å². The zero-order chi connectivity index (χ0) is 37.3. The first-order chi connectivity index (χ1) is 25.0. The average molecular weight is 718 g/mol. The molecular formula is C45H83NO5. The number of amides is 1. The Morgan fingerprint density at radius 3 is 1.39 bits per heavy atom. The van der Waals surface area contributed by atoms with Crippen LogP contribution in [-0.2, 0) is 19.1 Å². The normalized spacial score (nSPS) is 12.2. The van der Waals surface area contributed by atoms with Gasteiger partial charge < -0.3 is 15.2 Å². The minimum atomic E-state index is -1.01. The van der Waals surface area contributed by atoms with Gasteiger partial charge in [-0.1, -0.05) is 173 Å². The number of carbonyl (C=O) groups excluding carboxylic acids is 2. The number of aliphatic carboxylic acids is 1. The van der Waals surface area contributed by atoms with Gasteiger partial charge in [0.15, 0.2) is 0 Å². The lowest BCUT2D eigenvalue weighted by Gasteiger charge is -2.18. The van der Waals surface area contributed by atoms with Crippen LogP contribution in [0.15, 0.2) is 24.3 Å². The summed E-state index contributed by atoms with van der Waals surface area (Å²) in [6, 6.07) is 0. The third kappa shape index (κ3) is 40.5. The van der Waals surface area contributed by atoms with Gasteiger partial charge >= 0.3 is 11.9 Å². The summed E-state index contributed by atoms with van der Waals surface area (Å²) in [6.45, 7) is 4.21. The van der Waals surface area contributed by atoms with Crippen LogP contribution in [0, 0.1) is 0 Å². The quantitative estimate of drug-likeness (QED) is 0.0374. The molecule has 0 radical (unpaired) electrons. The summed E-state index contributed by atoms with van der Waals surface area (Å²) in [5.74, 6) is -1.22. The molecule has 6 heteroatoms. The van der Waals surface area contributed by atoms with Crippen LogP contribution in [0.3, 0.4) is 0 Å². The first kappa shape index (κ1) is 48.9. The van der Waals surface area contributed by atoms with Crippen LogP contribution in [-0.4, -0.2) is 35.6 Å². The van der Waals surface area contributed by atoms with Crippen LogP contribution in [0.25, 0.3) is 0 Å². The lowest BCUT2D eigenvalue weighted by molar-refractivity contribution is -0.150. The van der Waals surface area contributed by atoms with Gasteiger partial charge in [0.25, 0.3) is 0 Å². The Labute approximate surface area is 315 Å². The van der Waals surface area contributed by atoms with Crippen molar-refractivity contribution in [3.8, 4) is 0 Å². The van der Waals surface area contributed by atoms with E-state index >= 15 is 0 Å².